The molecule has 8 atom stereocenters. The molecule has 0 radical (unpaired) electrons. The second kappa shape index (κ2) is 17.7. The van der Waals surface area contributed by atoms with E-state index in [0.717, 1.165) is 12.8 Å². The van der Waals surface area contributed by atoms with Gasteiger partial charge in [0.1, 0.15) is 76.2 Å². The van der Waals surface area contributed by atoms with Crippen molar-refractivity contribution in [3.63, 3.8) is 0 Å². The van der Waals surface area contributed by atoms with Gasteiger partial charge < -0.3 is 23.7 Å². The van der Waals surface area contributed by atoms with E-state index in [9.17, 15) is 4.79 Å². The molecule has 0 bridgehead atoms. The third kappa shape index (κ3) is 6.25. The Morgan fingerprint density at radius 3 is 0.847 bits per heavy atom. The Hall–Kier alpha value is -8.73. The molecule has 0 saturated carbocycles. The quantitative estimate of drug-likeness (QED) is 0.206. The number of ether oxygens (including phenoxy) is 5. The van der Waals surface area contributed by atoms with Crippen molar-refractivity contribution in [3.8, 4) is 23.0 Å². The molecule has 13 aliphatic rings. The number of carbonyl (C=O) groups is 9. The van der Waals surface area contributed by atoms with Crippen LogP contribution in [0.4, 0.5) is 38.4 Å². The van der Waals surface area contributed by atoms with Gasteiger partial charge in [-0.25, -0.2) is 38.4 Å². The summed E-state index contributed by atoms with van der Waals surface area (Å²) in [5.74, 6) is 1.55. The van der Waals surface area contributed by atoms with Gasteiger partial charge >= 0.3 is 54.2 Å². The molecule has 15 rings (SSSR count). The van der Waals surface area contributed by atoms with Crippen molar-refractivity contribution in [3.05, 3.63) is 46.5 Å². The van der Waals surface area contributed by atoms with Crippen LogP contribution in [0.3, 0.4) is 0 Å². The van der Waals surface area contributed by atoms with Gasteiger partial charge in [-0.3, -0.25) is 83.2 Å². The van der Waals surface area contributed by atoms with E-state index in [1.54, 1.807) is 52.5 Å². The zero-order valence-electron chi connectivity index (χ0n) is 48.7. The maximum atomic E-state index is 15.5. The molecular formula is C55H68N16O14. The third-order valence-corrected chi connectivity index (χ3v) is 20.7. The lowest BCUT2D eigenvalue weighted by atomic mass is 9.95. The van der Waals surface area contributed by atoms with Crippen LogP contribution < -0.4 is 18.9 Å². The molecular weight excluding hydrogens is 1110 g/mol. The van der Waals surface area contributed by atoms with Gasteiger partial charge in [0.2, 0.25) is 0 Å². The number of esters is 1. The molecule has 2 aromatic carbocycles. The molecule has 30 heteroatoms. The minimum atomic E-state index is -1.53. The number of carbonyl (C=O) groups excluding carboxylic acids is 9. The fourth-order valence-electron chi connectivity index (χ4n) is 16.1. The van der Waals surface area contributed by atoms with E-state index in [-0.39, 0.29) is 66.1 Å². The summed E-state index contributed by atoms with van der Waals surface area (Å²) in [5.41, 5.74) is -3.21. The minimum Gasteiger partial charge on any atom is -0.493 e. The lowest BCUT2D eigenvalue weighted by molar-refractivity contribution is -0.141. The van der Waals surface area contributed by atoms with E-state index >= 15 is 38.4 Å². The highest BCUT2D eigenvalue weighted by Crippen LogP contribution is 2.59. The van der Waals surface area contributed by atoms with Gasteiger partial charge in [0.25, 0.3) is 0 Å². The number of hydrogen-bond donors (Lipinski definition) is 0. The summed E-state index contributed by atoms with van der Waals surface area (Å²) in [4.78, 5) is 160. The molecule has 11 saturated heterocycles. The third-order valence-electron chi connectivity index (χ3n) is 20.7. The van der Waals surface area contributed by atoms with E-state index in [2.05, 4.69) is 0 Å². The van der Waals surface area contributed by atoms with Crippen molar-refractivity contribution < 1.29 is 66.8 Å². The number of amides is 16. The molecule has 16 amide bonds. The van der Waals surface area contributed by atoms with Gasteiger partial charge in [-0.1, -0.05) is 20.8 Å². The largest absolute Gasteiger partial charge is 0.493 e. The van der Waals surface area contributed by atoms with Gasteiger partial charge in [0.05, 0.1) is 46.0 Å². The minimum absolute atomic E-state index is 0.00748. The standard InChI is InChI=1S/C55H68N16O14/c1-9-16-82-36-12-13-37(83-17-10-2)33-22-65-49(78)69-28-61-42-40-56(44(73)60(42)27-68-48(77)64(21-32(33)36)52(65,5)54(68,69)7)25-58-41-43-62(46(58)75)29-70-50(79)66-23-34-35(39(85-20-19-81-31(4)72)15-14-38(34)84-18-11-3)24-67-51(80)71(55(70,8)53(66,67)6)30-63(43)47(76)59(41)26-57(40)45(61)74/h12-15,40-43H,9-11,16-30H2,1-8H3/t40-,41+,42+,43-,52+,53-,54-,55+/m0/s1. The Balaban J connectivity index is 0.774. The summed E-state index contributed by atoms with van der Waals surface area (Å²) in [6.07, 6.45) is -2.33. The lowest BCUT2D eigenvalue weighted by Gasteiger charge is -2.49. The normalized spacial score (nSPS) is 31.5. The first-order chi connectivity index (χ1) is 40.7. The number of rotatable bonds is 13. The Kier molecular flexibility index (Phi) is 11.0. The number of hydrogen-bond acceptors (Lipinski definition) is 14. The van der Waals surface area contributed by atoms with Crippen LogP contribution in [-0.2, 0) is 35.7 Å². The maximum absolute atomic E-state index is 15.5. The fourth-order valence-corrected chi connectivity index (χ4v) is 16.1. The van der Waals surface area contributed by atoms with Crippen molar-refractivity contribution in [2.75, 3.05) is 73.0 Å². The summed E-state index contributed by atoms with van der Waals surface area (Å²) in [7, 11) is 0. The first kappa shape index (κ1) is 53.0. The number of fused-ring (bicyclic) bond motifs is 2. The second-order valence-corrected chi connectivity index (χ2v) is 24.4. The van der Waals surface area contributed by atoms with Crippen LogP contribution >= 0.6 is 0 Å². The summed E-state index contributed by atoms with van der Waals surface area (Å²) < 4.78 is 30.2. The second-order valence-electron chi connectivity index (χ2n) is 24.4. The number of urea groups is 8. The molecule has 13 aliphatic heterocycles. The Morgan fingerprint density at radius 2 is 0.600 bits per heavy atom. The van der Waals surface area contributed by atoms with Crippen molar-refractivity contribution in [1.82, 2.24) is 78.4 Å². The van der Waals surface area contributed by atoms with Gasteiger partial charge in [-0.2, -0.15) is 0 Å². The smallest absolute Gasteiger partial charge is 0.326 e. The zero-order chi connectivity index (χ0) is 59.5. The molecule has 30 nitrogen and oxygen atoms in total. The Bertz CT molecular complexity index is 3390. The van der Waals surface area contributed by atoms with Crippen molar-refractivity contribution in [1.29, 1.82) is 0 Å². The average Bonchev–Trinajstić information content (AvgIpc) is 1.51. The molecule has 0 spiro atoms. The molecule has 0 aromatic heterocycles. The average molecular weight is 1180 g/mol. The lowest BCUT2D eigenvalue weighted by Crippen LogP contribution is -2.69. The van der Waals surface area contributed by atoms with Gasteiger partial charge in [0.15, 0.2) is 47.3 Å². The highest BCUT2D eigenvalue weighted by molar-refractivity contribution is 5.94. The van der Waals surface area contributed by atoms with Crippen LogP contribution in [0.15, 0.2) is 24.3 Å². The van der Waals surface area contributed by atoms with Crippen molar-refractivity contribution in [2.45, 2.75) is 148 Å². The predicted octanol–water partition coefficient (Wildman–Crippen LogP) is 3.58. The molecule has 85 heavy (non-hydrogen) atoms. The fraction of sp³-hybridized carbons (Fsp3) is 0.618. The van der Waals surface area contributed by atoms with Gasteiger partial charge in [-0.15, -0.1) is 0 Å². The SMILES string of the molecule is CCCOc1ccc(OCCC)c2c1CN1C(=O)N3CN4C(=O)N5CN6C(=O)N7CN8C(=O)N9Cc%10c(OCCC)ccc(OCCOC(C)=O)c%10CN%10C(=O)N(CN%11C(=O)N(CN%12C(=O)N(CN%13C(=O)N(C2)[C@]1(C)[C@@]3%13C)[C@@H]4[C@@H]5%12)[C@@H]6[C@@H]7%11)[C@]8(C)[C@@]9%10C. The van der Waals surface area contributed by atoms with E-state index in [0.29, 0.717) is 71.5 Å². The highest BCUT2D eigenvalue weighted by Gasteiger charge is 2.80. The molecule has 0 N–H and O–H groups in total. The first-order valence-corrected chi connectivity index (χ1v) is 29.3. The van der Waals surface area contributed by atoms with Crippen LogP contribution in [0.1, 0.15) is 96.9 Å². The Labute approximate surface area is 488 Å². The summed E-state index contributed by atoms with van der Waals surface area (Å²) in [5, 5.41) is 0. The monoisotopic (exact) mass is 1180 g/mol. The molecule has 0 aliphatic carbocycles. The summed E-state index contributed by atoms with van der Waals surface area (Å²) >= 11 is 0. The van der Waals surface area contributed by atoms with Gasteiger partial charge in [-0.05, 0) is 71.2 Å². The summed E-state index contributed by atoms with van der Waals surface area (Å²) in [6.45, 7) is 13.3. The van der Waals surface area contributed by atoms with Crippen LogP contribution in [0.5, 0.6) is 23.0 Å². The Morgan fingerprint density at radius 1 is 0.365 bits per heavy atom. The van der Waals surface area contributed by atoms with Gasteiger partial charge in [0, 0.05) is 29.2 Å². The van der Waals surface area contributed by atoms with E-state index in [1.165, 1.54) is 65.7 Å². The van der Waals surface area contributed by atoms with E-state index in [4.69, 9.17) is 23.7 Å². The van der Waals surface area contributed by atoms with Crippen LogP contribution in [0.25, 0.3) is 0 Å². The van der Waals surface area contributed by atoms with Crippen molar-refractivity contribution in [2.24, 2.45) is 0 Å². The molecule has 452 valence electrons. The van der Waals surface area contributed by atoms with Crippen LogP contribution in [0, 0.1) is 0 Å². The first-order valence-electron chi connectivity index (χ1n) is 29.3. The highest BCUT2D eigenvalue weighted by atomic mass is 16.6. The number of nitrogens with zero attached hydrogens (tertiary/aromatic N) is 16. The van der Waals surface area contributed by atoms with Crippen molar-refractivity contribution >= 4 is 54.2 Å². The topological polar surface area (TPSA) is 252 Å². The molecule has 0 unspecified atom stereocenters. The zero-order valence-corrected chi connectivity index (χ0v) is 48.7. The predicted molar refractivity (Wildman–Crippen MR) is 288 cm³/mol. The molecule has 11 fully saturated rings. The van der Waals surface area contributed by atoms with Crippen LogP contribution in [-0.4, -0.2) is 253 Å². The van der Waals surface area contributed by atoms with Crippen LogP contribution in [0.2, 0.25) is 0 Å². The molecule has 13 heterocycles. The number of benzene rings is 2. The van der Waals surface area contributed by atoms with E-state index < -0.39 is 115 Å². The summed E-state index contributed by atoms with van der Waals surface area (Å²) in [6, 6.07) is 2.84. The maximum Gasteiger partial charge on any atom is 0.326 e. The van der Waals surface area contributed by atoms with E-state index in [1.807, 2.05) is 39.8 Å². The molecule has 2 aromatic rings.